The second-order valence-electron chi connectivity index (χ2n) is 5.53. The van der Waals surface area contributed by atoms with Crippen LogP contribution in [-0.2, 0) is 20.1 Å². The lowest BCUT2D eigenvalue weighted by Gasteiger charge is -2.12. The number of hydrogen-bond acceptors (Lipinski definition) is 4. The van der Waals surface area contributed by atoms with Crippen LogP contribution in [0.2, 0.25) is 0 Å². The number of aromatic nitrogens is 4. The molecule has 0 aromatic carbocycles. The van der Waals surface area contributed by atoms with Crippen LogP contribution in [0.15, 0.2) is 9.59 Å². The van der Waals surface area contributed by atoms with E-state index in [0.717, 1.165) is 0 Å². The Balaban J connectivity index is 2.90. The number of fused-ring (bicyclic) bond motifs is 1. The zero-order chi connectivity index (χ0) is 15.7. The first kappa shape index (κ1) is 15.3. The Hall–Kier alpha value is -2.05. The summed E-state index contributed by atoms with van der Waals surface area (Å²) in [6.07, 6.45) is 0. The predicted molar refractivity (Wildman–Crippen MR) is 83.9 cm³/mol. The molecule has 7 heteroatoms. The van der Waals surface area contributed by atoms with Crippen LogP contribution in [0.1, 0.15) is 27.7 Å². The van der Waals surface area contributed by atoms with E-state index in [1.165, 1.54) is 4.57 Å². The van der Waals surface area contributed by atoms with Crippen LogP contribution >= 0.6 is 0 Å². The third kappa shape index (κ3) is 2.48. The van der Waals surface area contributed by atoms with Gasteiger partial charge in [-0.2, -0.15) is 4.98 Å². The lowest BCUT2D eigenvalue weighted by Crippen LogP contribution is -2.40. The smallest absolute Gasteiger partial charge is 0.332 e. The fraction of sp³-hybridized carbons (Fsp3) is 0.643. The van der Waals surface area contributed by atoms with Crippen molar-refractivity contribution in [3.05, 3.63) is 20.8 Å². The Kier molecular flexibility index (Phi) is 4.20. The van der Waals surface area contributed by atoms with Gasteiger partial charge in [0.15, 0.2) is 11.2 Å². The minimum Gasteiger partial charge on any atom is -0.356 e. The summed E-state index contributed by atoms with van der Waals surface area (Å²) in [5, 5.41) is 3.12. The molecule has 2 aromatic heterocycles. The zero-order valence-corrected chi connectivity index (χ0v) is 13.3. The van der Waals surface area contributed by atoms with E-state index in [2.05, 4.69) is 10.3 Å². The molecule has 0 aliphatic heterocycles. The highest BCUT2D eigenvalue weighted by Crippen LogP contribution is 2.14. The van der Waals surface area contributed by atoms with Gasteiger partial charge in [-0.15, -0.1) is 0 Å². The van der Waals surface area contributed by atoms with E-state index in [0.29, 0.717) is 42.7 Å². The lowest BCUT2D eigenvalue weighted by atomic mass is 10.2. The fourth-order valence-corrected chi connectivity index (χ4v) is 2.49. The van der Waals surface area contributed by atoms with Gasteiger partial charge in [0.2, 0.25) is 5.95 Å². The monoisotopic (exact) mass is 293 g/mol. The minimum absolute atomic E-state index is 0.281. The zero-order valence-electron chi connectivity index (χ0n) is 13.3. The van der Waals surface area contributed by atoms with Crippen molar-refractivity contribution in [3.63, 3.8) is 0 Å². The summed E-state index contributed by atoms with van der Waals surface area (Å²) < 4.78 is 4.59. The van der Waals surface area contributed by atoms with Gasteiger partial charge in [0.25, 0.3) is 5.56 Å². The van der Waals surface area contributed by atoms with Crippen LogP contribution in [-0.4, -0.2) is 25.2 Å². The summed E-state index contributed by atoms with van der Waals surface area (Å²) in [4.78, 5) is 29.5. The van der Waals surface area contributed by atoms with Crippen molar-refractivity contribution in [1.29, 1.82) is 0 Å². The van der Waals surface area contributed by atoms with Crippen LogP contribution in [0.25, 0.3) is 11.2 Å². The molecule has 116 valence electrons. The molecule has 0 aliphatic rings. The Bertz CT molecular complexity index is 766. The second kappa shape index (κ2) is 5.75. The number of aryl methyl sites for hydroxylation is 1. The van der Waals surface area contributed by atoms with Gasteiger partial charge in [0.05, 0.1) is 0 Å². The maximum atomic E-state index is 12.5. The summed E-state index contributed by atoms with van der Waals surface area (Å²) in [5.74, 6) is 0.897. The highest BCUT2D eigenvalue weighted by molar-refractivity contribution is 5.74. The molecule has 0 radical (unpaired) electrons. The molecule has 2 rings (SSSR count). The van der Waals surface area contributed by atoms with E-state index < -0.39 is 0 Å². The molecule has 0 unspecified atom stereocenters. The third-order valence-corrected chi connectivity index (χ3v) is 3.44. The average Bonchev–Trinajstić information content (AvgIpc) is 2.73. The van der Waals surface area contributed by atoms with Crippen molar-refractivity contribution in [3.8, 4) is 0 Å². The van der Waals surface area contributed by atoms with E-state index >= 15 is 0 Å². The largest absolute Gasteiger partial charge is 0.356 e. The maximum Gasteiger partial charge on any atom is 0.332 e. The van der Waals surface area contributed by atoms with Gasteiger partial charge in [0, 0.05) is 26.7 Å². The van der Waals surface area contributed by atoms with Crippen LogP contribution in [0.3, 0.4) is 0 Å². The molecule has 0 atom stereocenters. The van der Waals surface area contributed by atoms with Gasteiger partial charge in [-0.25, -0.2) is 4.79 Å². The first-order chi connectivity index (χ1) is 9.92. The molecule has 0 bridgehead atoms. The van der Waals surface area contributed by atoms with Crippen LogP contribution < -0.4 is 16.6 Å². The Morgan fingerprint density at radius 3 is 2.38 bits per heavy atom. The SMILES string of the molecule is CCNc1nc2c(c(=O)n(CC)c(=O)n2CC(C)C)n1C. The van der Waals surface area contributed by atoms with Gasteiger partial charge in [-0.3, -0.25) is 13.9 Å². The number of anilines is 1. The summed E-state index contributed by atoms with van der Waals surface area (Å²) in [6, 6.07) is 0. The van der Waals surface area contributed by atoms with Crippen LogP contribution in [0, 0.1) is 5.92 Å². The molecule has 21 heavy (non-hydrogen) atoms. The van der Waals surface area contributed by atoms with Crippen molar-refractivity contribution >= 4 is 17.1 Å². The second-order valence-corrected chi connectivity index (χ2v) is 5.53. The Morgan fingerprint density at radius 2 is 1.86 bits per heavy atom. The lowest BCUT2D eigenvalue weighted by molar-refractivity contribution is 0.491. The standard InChI is InChI=1S/C14H23N5O2/c1-6-15-13-16-11-10(17(13)5)12(20)18(7-2)14(21)19(11)8-9(3)4/h9H,6-8H2,1-5H3,(H,15,16). The van der Waals surface area contributed by atoms with Crippen molar-refractivity contribution in [2.45, 2.75) is 40.8 Å². The summed E-state index contributed by atoms with van der Waals surface area (Å²) in [5.41, 5.74) is 0.358. The molecule has 0 saturated carbocycles. The van der Waals surface area contributed by atoms with Crippen molar-refractivity contribution in [1.82, 2.24) is 18.7 Å². The predicted octanol–water partition coefficient (Wildman–Crippen LogP) is 1.00. The molecule has 0 spiro atoms. The van der Waals surface area contributed by atoms with E-state index in [-0.39, 0.29) is 11.2 Å². The molecule has 2 heterocycles. The molecule has 2 aromatic rings. The average molecular weight is 293 g/mol. The Morgan fingerprint density at radius 1 is 1.19 bits per heavy atom. The summed E-state index contributed by atoms with van der Waals surface area (Å²) in [7, 11) is 1.79. The molecular weight excluding hydrogens is 270 g/mol. The minimum atomic E-state index is -0.287. The number of imidazole rings is 1. The van der Waals surface area contributed by atoms with Gasteiger partial charge in [-0.05, 0) is 19.8 Å². The quantitative estimate of drug-likeness (QED) is 0.892. The number of hydrogen-bond donors (Lipinski definition) is 1. The first-order valence-electron chi connectivity index (χ1n) is 7.36. The van der Waals surface area contributed by atoms with Crippen LogP contribution in [0.4, 0.5) is 5.95 Å². The van der Waals surface area contributed by atoms with Crippen molar-refractivity contribution in [2.24, 2.45) is 13.0 Å². The summed E-state index contributed by atoms with van der Waals surface area (Å²) >= 11 is 0. The van der Waals surface area contributed by atoms with Gasteiger partial charge < -0.3 is 9.88 Å². The Labute approximate surface area is 123 Å². The molecule has 7 nitrogen and oxygen atoms in total. The molecule has 0 aliphatic carbocycles. The molecule has 0 amide bonds. The number of nitrogens with zero attached hydrogens (tertiary/aromatic N) is 4. The topological polar surface area (TPSA) is 73.8 Å². The van der Waals surface area contributed by atoms with Gasteiger partial charge in [0.1, 0.15) is 0 Å². The van der Waals surface area contributed by atoms with Crippen molar-refractivity contribution in [2.75, 3.05) is 11.9 Å². The van der Waals surface area contributed by atoms with E-state index in [9.17, 15) is 9.59 Å². The molecule has 1 N–H and O–H groups in total. The first-order valence-corrected chi connectivity index (χ1v) is 7.36. The molecule has 0 saturated heterocycles. The maximum absolute atomic E-state index is 12.5. The van der Waals surface area contributed by atoms with Gasteiger partial charge in [-0.1, -0.05) is 13.8 Å². The summed E-state index contributed by atoms with van der Waals surface area (Å²) in [6.45, 7) is 9.43. The van der Waals surface area contributed by atoms with E-state index in [1.807, 2.05) is 20.8 Å². The molecule has 0 fully saturated rings. The molecular formula is C14H23N5O2. The van der Waals surface area contributed by atoms with E-state index in [4.69, 9.17) is 0 Å². The van der Waals surface area contributed by atoms with Crippen molar-refractivity contribution < 1.29 is 0 Å². The van der Waals surface area contributed by atoms with Gasteiger partial charge >= 0.3 is 5.69 Å². The normalized spacial score (nSPS) is 11.5. The highest BCUT2D eigenvalue weighted by Gasteiger charge is 2.19. The fourth-order valence-electron chi connectivity index (χ4n) is 2.49. The third-order valence-electron chi connectivity index (χ3n) is 3.44. The highest BCUT2D eigenvalue weighted by atomic mass is 16.2. The van der Waals surface area contributed by atoms with E-state index in [1.54, 1.807) is 23.1 Å². The van der Waals surface area contributed by atoms with Crippen LogP contribution in [0.5, 0.6) is 0 Å². The number of rotatable bonds is 5. The number of nitrogens with one attached hydrogen (secondary N) is 1.